The molecule has 19 heavy (non-hydrogen) atoms. The van der Waals surface area contributed by atoms with Gasteiger partial charge in [0.1, 0.15) is 0 Å². The first-order valence-corrected chi connectivity index (χ1v) is 7.27. The number of rotatable bonds is 3. The number of nitrogens with one attached hydrogen (secondary N) is 2. The highest BCUT2D eigenvalue weighted by Crippen LogP contribution is 2.22. The van der Waals surface area contributed by atoms with Crippen molar-refractivity contribution in [2.24, 2.45) is 0 Å². The molecule has 2 heterocycles. The quantitative estimate of drug-likeness (QED) is 0.883. The summed E-state index contributed by atoms with van der Waals surface area (Å²) in [5, 5.41) is 5.02. The molecule has 1 atom stereocenters. The van der Waals surface area contributed by atoms with Crippen LogP contribution in [0.1, 0.15) is 18.1 Å². The maximum atomic E-state index is 3.63. The molecule has 3 heteroatoms. The molecule has 3 nitrogen and oxygen atoms in total. The number of hydrogen-bond acceptors (Lipinski definition) is 2. The topological polar surface area (TPSA) is 31.1 Å². The first kappa shape index (κ1) is 12.7. The van der Waals surface area contributed by atoms with Gasteiger partial charge in [0.25, 0.3) is 0 Å². The maximum absolute atomic E-state index is 3.63. The molecule has 1 aromatic heterocycles. The van der Waals surface area contributed by atoms with Gasteiger partial charge in [-0.2, -0.15) is 0 Å². The molecule has 102 valence electrons. The van der Waals surface area contributed by atoms with Crippen molar-refractivity contribution in [1.82, 2.24) is 15.2 Å². The van der Waals surface area contributed by atoms with Gasteiger partial charge in [0.15, 0.2) is 0 Å². The SMILES string of the molecule is CCc1ccc2[nH]cc(CC3CN(C)CCN3)c2c1. The van der Waals surface area contributed by atoms with Crippen LogP contribution in [0.5, 0.6) is 0 Å². The standard InChI is InChI=1S/C16H23N3/c1-3-12-4-5-16-15(8-12)13(10-18-16)9-14-11-19(2)7-6-17-14/h4-5,8,10,14,17-18H,3,6-7,9,11H2,1-2H3. The summed E-state index contributed by atoms with van der Waals surface area (Å²) >= 11 is 0. The zero-order chi connectivity index (χ0) is 13.2. The Hall–Kier alpha value is -1.32. The second-order valence-corrected chi connectivity index (χ2v) is 5.66. The van der Waals surface area contributed by atoms with Gasteiger partial charge in [-0.25, -0.2) is 0 Å². The van der Waals surface area contributed by atoms with E-state index in [2.05, 4.69) is 53.6 Å². The molecule has 0 bridgehead atoms. The van der Waals surface area contributed by atoms with Crippen LogP contribution >= 0.6 is 0 Å². The molecule has 0 radical (unpaired) electrons. The second-order valence-electron chi connectivity index (χ2n) is 5.66. The molecule has 0 amide bonds. The molecule has 1 saturated heterocycles. The lowest BCUT2D eigenvalue weighted by atomic mass is 10.0. The van der Waals surface area contributed by atoms with Crippen LogP contribution in [0.4, 0.5) is 0 Å². The molecule has 0 saturated carbocycles. The van der Waals surface area contributed by atoms with E-state index in [-0.39, 0.29) is 0 Å². The lowest BCUT2D eigenvalue weighted by Crippen LogP contribution is -2.49. The number of hydrogen-bond donors (Lipinski definition) is 2. The van der Waals surface area contributed by atoms with E-state index in [0.717, 1.165) is 32.5 Å². The number of aromatic amines is 1. The minimum atomic E-state index is 0.572. The fourth-order valence-corrected chi connectivity index (χ4v) is 3.01. The summed E-state index contributed by atoms with van der Waals surface area (Å²) in [7, 11) is 2.21. The summed E-state index contributed by atoms with van der Waals surface area (Å²) in [6.45, 7) is 5.61. The van der Waals surface area contributed by atoms with Crippen LogP contribution in [0.15, 0.2) is 24.4 Å². The Morgan fingerprint density at radius 2 is 2.26 bits per heavy atom. The number of likely N-dealkylation sites (N-methyl/N-ethyl adjacent to an activating group) is 1. The van der Waals surface area contributed by atoms with E-state index in [0.29, 0.717) is 6.04 Å². The van der Waals surface area contributed by atoms with Gasteiger partial charge in [-0.1, -0.05) is 13.0 Å². The molecule has 1 aliphatic rings. The Morgan fingerprint density at radius 3 is 3.05 bits per heavy atom. The molecule has 2 aromatic rings. The van der Waals surface area contributed by atoms with Gasteiger partial charge in [-0.05, 0) is 43.1 Å². The molecule has 1 aliphatic heterocycles. The van der Waals surface area contributed by atoms with Crippen LogP contribution in [-0.4, -0.2) is 42.6 Å². The van der Waals surface area contributed by atoms with Crippen LogP contribution in [-0.2, 0) is 12.8 Å². The monoisotopic (exact) mass is 257 g/mol. The van der Waals surface area contributed by atoms with Gasteiger partial charge < -0.3 is 15.2 Å². The Labute approximate surface area is 115 Å². The molecule has 1 aromatic carbocycles. The second kappa shape index (κ2) is 5.35. The number of aryl methyl sites for hydroxylation is 1. The van der Waals surface area contributed by atoms with E-state index in [4.69, 9.17) is 0 Å². The first-order valence-electron chi connectivity index (χ1n) is 7.27. The zero-order valence-corrected chi connectivity index (χ0v) is 11.9. The van der Waals surface area contributed by atoms with Crippen molar-refractivity contribution < 1.29 is 0 Å². The third kappa shape index (κ3) is 2.67. The van der Waals surface area contributed by atoms with E-state index < -0.39 is 0 Å². The number of fused-ring (bicyclic) bond motifs is 1. The molecule has 3 rings (SSSR count). The Bertz CT molecular complexity index is 558. The molecular weight excluding hydrogens is 234 g/mol. The van der Waals surface area contributed by atoms with Gasteiger partial charge in [0.2, 0.25) is 0 Å². The van der Waals surface area contributed by atoms with Crippen molar-refractivity contribution in [3.05, 3.63) is 35.5 Å². The maximum Gasteiger partial charge on any atom is 0.0456 e. The Kier molecular flexibility index (Phi) is 3.58. The summed E-state index contributed by atoms with van der Waals surface area (Å²) in [6, 6.07) is 7.34. The van der Waals surface area contributed by atoms with Crippen LogP contribution in [0.2, 0.25) is 0 Å². The normalized spacial score (nSPS) is 21.1. The van der Waals surface area contributed by atoms with E-state index in [1.807, 2.05) is 0 Å². The third-order valence-corrected chi connectivity index (χ3v) is 4.16. The van der Waals surface area contributed by atoms with Gasteiger partial charge in [0, 0.05) is 42.8 Å². The van der Waals surface area contributed by atoms with E-state index in [1.165, 1.54) is 22.0 Å². The number of piperazine rings is 1. The van der Waals surface area contributed by atoms with Crippen molar-refractivity contribution >= 4 is 10.9 Å². The van der Waals surface area contributed by atoms with Crippen LogP contribution in [0.3, 0.4) is 0 Å². The molecule has 1 unspecified atom stereocenters. The highest BCUT2D eigenvalue weighted by molar-refractivity contribution is 5.84. The summed E-state index contributed by atoms with van der Waals surface area (Å²) in [5.74, 6) is 0. The third-order valence-electron chi connectivity index (χ3n) is 4.16. The van der Waals surface area contributed by atoms with Gasteiger partial charge in [-0.15, -0.1) is 0 Å². The van der Waals surface area contributed by atoms with Crippen LogP contribution in [0, 0.1) is 0 Å². The van der Waals surface area contributed by atoms with E-state index in [9.17, 15) is 0 Å². The molecular formula is C16H23N3. The lowest BCUT2D eigenvalue weighted by molar-refractivity contribution is 0.238. The predicted molar refractivity (Wildman–Crippen MR) is 80.7 cm³/mol. The molecule has 0 aliphatic carbocycles. The molecule has 2 N–H and O–H groups in total. The molecule has 0 spiro atoms. The van der Waals surface area contributed by atoms with E-state index >= 15 is 0 Å². The first-order chi connectivity index (χ1) is 9.26. The van der Waals surface area contributed by atoms with Gasteiger partial charge in [-0.3, -0.25) is 0 Å². The smallest absolute Gasteiger partial charge is 0.0456 e. The minimum Gasteiger partial charge on any atom is -0.361 e. The van der Waals surface area contributed by atoms with Crippen molar-refractivity contribution in [1.29, 1.82) is 0 Å². The highest BCUT2D eigenvalue weighted by Gasteiger charge is 2.18. The number of nitrogens with zero attached hydrogens (tertiary/aromatic N) is 1. The lowest BCUT2D eigenvalue weighted by Gasteiger charge is -2.30. The highest BCUT2D eigenvalue weighted by atomic mass is 15.2. The minimum absolute atomic E-state index is 0.572. The fraction of sp³-hybridized carbons (Fsp3) is 0.500. The average Bonchev–Trinajstić information content (AvgIpc) is 2.81. The summed E-state index contributed by atoms with van der Waals surface area (Å²) in [4.78, 5) is 5.81. The van der Waals surface area contributed by atoms with E-state index in [1.54, 1.807) is 0 Å². The molecule has 1 fully saturated rings. The van der Waals surface area contributed by atoms with Crippen LogP contribution in [0.25, 0.3) is 10.9 Å². The number of benzene rings is 1. The summed E-state index contributed by atoms with van der Waals surface area (Å²) in [5.41, 5.74) is 4.12. The zero-order valence-electron chi connectivity index (χ0n) is 11.9. The largest absolute Gasteiger partial charge is 0.361 e. The van der Waals surface area contributed by atoms with Crippen molar-refractivity contribution in [2.75, 3.05) is 26.7 Å². The average molecular weight is 257 g/mol. The summed E-state index contributed by atoms with van der Waals surface area (Å²) < 4.78 is 0. The Morgan fingerprint density at radius 1 is 1.37 bits per heavy atom. The van der Waals surface area contributed by atoms with Crippen molar-refractivity contribution in [2.45, 2.75) is 25.8 Å². The van der Waals surface area contributed by atoms with Crippen molar-refractivity contribution in [3.8, 4) is 0 Å². The Balaban J connectivity index is 1.83. The van der Waals surface area contributed by atoms with Gasteiger partial charge >= 0.3 is 0 Å². The van der Waals surface area contributed by atoms with Gasteiger partial charge in [0.05, 0.1) is 0 Å². The summed E-state index contributed by atoms with van der Waals surface area (Å²) in [6.07, 6.45) is 4.39. The fourth-order valence-electron chi connectivity index (χ4n) is 3.01. The predicted octanol–water partition coefficient (Wildman–Crippen LogP) is 2.18. The number of H-pyrrole nitrogens is 1. The van der Waals surface area contributed by atoms with Crippen molar-refractivity contribution in [3.63, 3.8) is 0 Å². The van der Waals surface area contributed by atoms with Crippen LogP contribution < -0.4 is 5.32 Å². The number of aromatic nitrogens is 1.